The lowest BCUT2D eigenvalue weighted by atomic mass is 9.89. The maximum Gasteiger partial charge on any atom is 0.0173 e. The summed E-state index contributed by atoms with van der Waals surface area (Å²) in [6.07, 6.45) is 5.10. The van der Waals surface area contributed by atoms with Crippen molar-refractivity contribution in [1.82, 2.24) is 10.6 Å². The van der Waals surface area contributed by atoms with Crippen LogP contribution in [-0.2, 0) is 0 Å². The molecule has 0 atom stereocenters. The molecule has 0 saturated carbocycles. The summed E-state index contributed by atoms with van der Waals surface area (Å²) in [5, 5.41) is 7.08. The predicted molar refractivity (Wildman–Crippen MR) is 62.6 cm³/mol. The first-order chi connectivity index (χ1) is 6.76. The smallest absolute Gasteiger partial charge is 0.0173 e. The van der Waals surface area contributed by atoms with Gasteiger partial charge in [-0.15, -0.1) is 0 Å². The second kappa shape index (κ2) is 5.72. The Morgan fingerprint density at radius 3 is 2.07 bits per heavy atom. The first-order valence-corrected chi connectivity index (χ1v) is 6.22. The minimum Gasteiger partial charge on any atom is -0.316 e. The minimum atomic E-state index is 0.414. The average Bonchev–Trinajstić information content (AvgIpc) is 2.17. The summed E-state index contributed by atoms with van der Waals surface area (Å²) in [6.45, 7) is 10.6. The maximum atomic E-state index is 3.75. The molecule has 0 aliphatic carbocycles. The van der Waals surface area contributed by atoms with Gasteiger partial charge in [-0.1, -0.05) is 20.8 Å². The van der Waals surface area contributed by atoms with E-state index in [0.29, 0.717) is 5.54 Å². The molecule has 1 saturated heterocycles. The van der Waals surface area contributed by atoms with Crippen LogP contribution in [0.3, 0.4) is 0 Å². The summed E-state index contributed by atoms with van der Waals surface area (Å²) in [6, 6.07) is 0. The Bertz CT molecular complexity index is 140. The number of hydrogen-bond acceptors (Lipinski definition) is 2. The fourth-order valence-electron chi connectivity index (χ4n) is 2.22. The summed E-state index contributed by atoms with van der Waals surface area (Å²) < 4.78 is 0. The van der Waals surface area contributed by atoms with Crippen LogP contribution in [0.1, 0.15) is 46.5 Å². The molecule has 0 radical (unpaired) electrons. The zero-order chi connectivity index (χ0) is 10.4. The van der Waals surface area contributed by atoms with E-state index in [0.717, 1.165) is 5.92 Å². The van der Waals surface area contributed by atoms with Crippen molar-refractivity contribution in [3.63, 3.8) is 0 Å². The molecule has 2 heteroatoms. The van der Waals surface area contributed by atoms with E-state index in [1.165, 1.54) is 45.3 Å². The summed E-state index contributed by atoms with van der Waals surface area (Å²) in [7, 11) is 0. The van der Waals surface area contributed by atoms with E-state index in [-0.39, 0.29) is 0 Å². The van der Waals surface area contributed by atoms with Gasteiger partial charge in [0.25, 0.3) is 0 Å². The molecule has 0 bridgehead atoms. The minimum absolute atomic E-state index is 0.414. The largest absolute Gasteiger partial charge is 0.316 e. The van der Waals surface area contributed by atoms with Gasteiger partial charge in [-0.2, -0.15) is 0 Å². The summed E-state index contributed by atoms with van der Waals surface area (Å²) in [5.74, 6) is 0.936. The van der Waals surface area contributed by atoms with Crippen LogP contribution < -0.4 is 10.6 Å². The standard InChI is InChI=1S/C12H26N2/c1-4-12(5-2,6-3)14-8-7-11-9-13-10-11/h11,13-14H,4-10H2,1-3H3. The van der Waals surface area contributed by atoms with Crippen molar-refractivity contribution in [2.24, 2.45) is 5.92 Å². The third-order valence-corrected chi connectivity index (χ3v) is 3.95. The van der Waals surface area contributed by atoms with Crippen LogP contribution in [0.15, 0.2) is 0 Å². The van der Waals surface area contributed by atoms with Crippen molar-refractivity contribution in [2.45, 2.75) is 52.0 Å². The topological polar surface area (TPSA) is 24.1 Å². The van der Waals surface area contributed by atoms with Crippen molar-refractivity contribution in [2.75, 3.05) is 19.6 Å². The molecule has 14 heavy (non-hydrogen) atoms. The third kappa shape index (κ3) is 2.96. The predicted octanol–water partition coefficient (Wildman–Crippen LogP) is 2.15. The molecule has 1 fully saturated rings. The Morgan fingerprint density at radius 2 is 1.71 bits per heavy atom. The highest BCUT2D eigenvalue weighted by atomic mass is 15.0. The Hall–Kier alpha value is -0.0800. The Labute approximate surface area is 88.8 Å². The molecule has 84 valence electrons. The van der Waals surface area contributed by atoms with Crippen molar-refractivity contribution in [3.8, 4) is 0 Å². The molecule has 0 aromatic heterocycles. The monoisotopic (exact) mass is 198 g/mol. The van der Waals surface area contributed by atoms with Gasteiger partial charge in [0.1, 0.15) is 0 Å². The summed E-state index contributed by atoms with van der Waals surface area (Å²) in [5.41, 5.74) is 0.414. The molecule has 0 aromatic carbocycles. The Morgan fingerprint density at radius 1 is 1.14 bits per heavy atom. The average molecular weight is 198 g/mol. The fourth-order valence-corrected chi connectivity index (χ4v) is 2.22. The van der Waals surface area contributed by atoms with Gasteiger partial charge in [-0.05, 0) is 51.2 Å². The molecule has 0 unspecified atom stereocenters. The molecular formula is C12H26N2. The lowest BCUT2D eigenvalue weighted by Gasteiger charge is -2.34. The lowest BCUT2D eigenvalue weighted by Crippen LogP contribution is -2.47. The van der Waals surface area contributed by atoms with Crippen LogP contribution in [-0.4, -0.2) is 25.2 Å². The quantitative estimate of drug-likeness (QED) is 0.655. The van der Waals surface area contributed by atoms with E-state index in [1.54, 1.807) is 0 Å². The number of nitrogens with one attached hydrogen (secondary N) is 2. The second-order valence-corrected chi connectivity index (χ2v) is 4.58. The maximum absolute atomic E-state index is 3.75. The molecule has 2 nitrogen and oxygen atoms in total. The first-order valence-electron chi connectivity index (χ1n) is 6.22. The molecule has 1 aliphatic heterocycles. The molecule has 2 N–H and O–H groups in total. The van der Waals surface area contributed by atoms with Crippen LogP contribution in [0, 0.1) is 5.92 Å². The summed E-state index contributed by atoms with van der Waals surface area (Å²) >= 11 is 0. The van der Waals surface area contributed by atoms with E-state index >= 15 is 0 Å². The molecular weight excluding hydrogens is 172 g/mol. The highest BCUT2D eigenvalue weighted by molar-refractivity contribution is 4.85. The zero-order valence-electron chi connectivity index (χ0n) is 10.0. The van der Waals surface area contributed by atoms with Crippen LogP contribution >= 0.6 is 0 Å². The molecule has 0 aromatic rings. The van der Waals surface area contributed by atoms with Gasteiger partial charge in [0, 0.05) is 5.54 Å². The van der Waals surface area contributed by atoms with E-state index in [9.17, 15) is 0 Å². The zero-order valence-corrected chi connectivity index (χ0v) is 10.0. The van der Waals surface area contributed by atoms with Gasteiger partial charge in [0.2, 0.25) is 0 Å². The highest BCUT2D eigenvalue weighted by Crippen LogP contribution is 2.19. The molecule has 1 heterocycles. The normalized spacial score (nSPS) is 18.2. The van der Waals surface area contributed by atoms with Gasteiger partial charge < -0.3 is 10.6 Å². The lowest BCUT2D eigenvalue weighted by molar-refractivity contribution is 0.259. The molecule has 0 amide bonds. The Balaban J connectivity index is 2.17. The van der Waals surface area contributed by atoms with Crippen LogP contribution in [0.25, 0.3) is 0 Å². The fraction of sp³-hybridized carbons (Fsp3) is 1.00. The third-order valence-electron chi connectivity index (χ3n) is 3.95. The SMILES string of the molecule is CCC(CC)(CC)NCCC1CNC1. The highest BCUT2D eigenvalue weighted by Gasteiger charge is 2.23. The van der Waals surface area contributed by atoms with Gasteiger partial charge >= 0.3 is 0 Å². The molecule has 1 aliphatic rings. The van der Waals surface area contributed by atoms with Crippen molar-refractivity contribution >= 4 is 0 Å². The van der Waals surface area contributed by atoms with Crippen LogP contribution in [0.5, 0.6) is 0 Å². The second-order valence-electron chi connectivity index (χ2n) is 4.58. The van der Waals surface area contributed by atoms with Crippen LogP contribution in [0.4, 0.5) is 0 Å². The van der Waals surface area contributed by atoms with Gasteiger partial charge in [-0.25, -0.2) is 0 Å². The number of rotatable bonds is 7. The van der Waals surface area contributed by atoms with Crippen molar-refractivity contribution in [3.05, 3.63) is 0 Å². The van der Waals surface area contributed by atoms with E-state index in [4.69, 9.17) is 0 Å². The van der Waals surface area contributed by atoms with E-state index in [1.807, 2.05) is 0 Å². The van der Waals surface area contributed by atoms with Gasteiger partial charge in [-0.3, -0.25) is 0 Å². The Kier molecular flexibility index (Phi) is 4.90. The number of hydrogen-bond donors (Lipinski definition) is 2. The van der Waals surface area contributed by atoms with E-state index < -0.39 is 0 Å². The van der Waals surface area contributed by atoms with Gasteiger partial charge in [0.05, 0.1) is 0 Å². The van der Waals surface area contributed by atoms with Gasteiger partial charge in [0.15, 0.2) is 0 Å². The first kappa shape index (κ1) is 12.0. The van der Waals surface area contributed by atoms with Crippen molar-refractivity contribution in [1.29, 1.82) is 0 Å². The molecule has 0 spiro atoms. The summed E-state index contributed by atoms with van der Waals surface area (Å²) in [4.78, 5) is 0. The van der Waals surface area contributed by atoms with Crippen molar-refractivity contribution < 1.29 is 0 Å². The molecule has 1 rings (SSSR count). The van der Waals surface area contributed by atoms with Crippen LogP contribution in [0.2, 0.25) is 0 Å². The van der Waals surface area contributed by atoms with E-state index in [2.05, 4.69) is 31.4 Å².